The summed E-state index contributed by atoms with van der Waals surface area (Å²) in [6.07, 6.45) is 1.28. The Balaban J connectivity index is 2.45. The number of rotatable bonds is 5. The normalized spacial score (nSPS) is 16.1. The SMILES string of the molecule is O=C(O)CC(c1cc([N+](=O)[O-])cc(F)c1O)C1CC1. The van der Waals surface area contributed by atoms with Crippen molar-refractivity contribution in [2.75, 3.05) is 0 Å². The number of aromatic hydroxyl groups is 1. The maximum atomic E-state index is 13.5. The predicted octanol–water partition coefficient (Wildman–Crippen LogP) is 2.41. The van der Waals surface area contributed by atoms with Crippen molar-refractivity contribution in [3.63, 3.8) is 0 Å². The van der Waals surface area contributed by atoms with Gasteiger partial charge in [-0.3, -0.25) is 14.9 Å². The Kier molecular flexibility index (Phi) is 3.37. The number of aliphatic carboxylic acids is 1. The van der Waals surface area contributed by atoms with Crippen LogP contribution in [0, 0.1) is 21.8 Å². The first-order chi connectivity index (χ1) is 8.90. The minimum Gasteiger partial charge on any atom is -0.505 e. The van der Waals surface area contributed by atoms with Crippen LogP contribution in [0.25, 0.3) is 0 Å². The standard InChI is InChI=1S/C12H12FNO5/c13-10-4-7(14(18)19)3-9(12(10)17)8(5-11(15)16)6-1-2-6/h3-4,6,8,17H,1-2,5H2,(H,15,16). The summed E-state index contributed by atoms with van der Waals surface area (Å²) in [5.74, 6) is -3.43. The molecule has 0 aliphatic heterocycles. The quantitative estimate of drug-likeness (QED) is 0.631. The van der Waals surface area contributed by atoms with Gasteiger partial charge in [0.05, 0.1) is 17.4 Å². The average molecular weight is 269 g/mol. The summed E-state index contributed by atoms with van der Waals surface area (Å²) in [6.45, 7) is 0. The van der Waals surface area contributed by atoms with Crippen LogP contribution >= 0.6 is 0 Å². The first kappa shape index (κ1) is 13.3. The fourth-order valence-electron chi connectivity index (χ4n) is 2.21. The molecule has 0 saturated heterocycles. The van der Waals surface area contributed by atoms with Crippen LogP contribution in [0.4, 0.5) is 10.1 Å². The number of non-ortho nitro benzene ring substituents is 1. The van der Waals surface area contributed by atoms with E-state index in [0.717, 1.165) is 18.9 Å². The first-order valence-electron chi connectivity index (χ1n) is 5.78. The molecule has 7 heteroatoms. The smallest absolute Gasteiger partial charge is 0.303 e. The maximum absolute atomic E-state index is 13.5. The molecular weight excluding hydrogens is 257 g/mol. The Labute approximate surface area is 107 Å². The summed E-state index contributed by atoms with van der Waals surface area (Å²) in [7, 11) is 0. The number of phenols is 1. The highest BCUT2D eigenvalue weighted by Crippen LogP contribution is 2.48. The predicted molar refractivity (Wildman–Crippen MR) is 62.4 cm³/mol. The molecule has 0 aromatic heterocycles. The van der Waals surface area contributed by atoms with Crippen LogP contribution in [-0.2, 0) is 4.79 Å². The third-order valence-corrected chi connectivity index (χ3v) is 3.27. The number of phenolic OH excluding ortho intramolecular Hbond substituents is 1. The van der Waals surface area contributed by atoms with Gasteiger partial charge in [-0.25, -0.2) is 4.39 Å². The van der Waals surface area contributed by atoms with Crippen molar-refractivity contribution < 1.29 is 24.3 Å². The number of nitro groups is 1. The van der Waals surface area contributed by atoms with E-state index in [1.807, 2.05) is 0 Å². The zero-order valence-corrected chi connectivity index (χ0v) is 9.88. The number of nitro benzene ring substituents is 1. The van der Waals surface area contributed by atoms with E-state index in [4.69, 9.17) is 5.11 Å². The lowest BCUT2D eigenvalue weighted by atomic mass is 9.90. The Bertz CT molecular complexity index is 541. The average Bonchev–Trinajstić information content (AvgIpc) is 3.13. The van der Waals surface area contributed by atoms with Crippen LogP contribution in [0.2, 0.25) is 0 Å². The number of carbonyl (C=O) groups is 1. The Morgan fingerprint density at radius 2 is 2.16 bits per heavy atom. The summed E-state index contributed by atoms with van der Waals surface area (Å²) in [5, 5.41) is 29.2. The second-order valence-corrected chi connectivity index (χ2v) is 4.66. The highest BCUT2D eigenvalue weighted by atomic mass is 19.1. The van der Waals surface area contributed by atoms with E-state index in [1.54, 1.807) is 0 Å². The molecule has 0 radical (unpaired) electrons. The second-order valence-electron chi connectivity index (χ2n) is 4.66. The van der Waals surface area contributed by atoms with Gasteiger partial charge in [-0.15, -0.1) is 0 Å². The van der Waals surface area contributed by atoms with E-state index in [9.17, 15) is 24.4 Å². The van der Waals surface area contributed by atoms with Gasteiger partial charge in [-0.1, -0.05) is 0 Å². The molecule has 1 atom stereocenters. The van der Waals surface area contributed by atoms with Crippen molar-refractivity contribution in [1.82, 2.24) is 0 Å². The molecule has 0 amide bonds. The van der Waals surface area contributed by atoms with Gasteiger partial charge in [-0.2, -0.15) is 0 Å². The molecule has 0 spiro atoms. The number of nitrogens with zero attached hydrogens (tertiary/aromatic N) is 1. The largest absolute Gasteiger partial charge is 0.505 e. The van der Waals surface area contributed by atoms with Crippen molar-refractivity contribution >= 4 is 11.7 Å². The van der Waals surface area contributed by atoms with Crippen LogP contribution in [0.15, 0.2) is 12.1 Å². The van der Waals surface area contributed by atoms with E-state index in [2.05, 4.69) is 0 Å². The molecule has 1 unspecified atom stereocenters. The Morgan fingerprint density at radius 3 is 2.63 bits per heavy atom. The van der Waals surface area contributed by atoms with Crippen LogP contribution in [0.1, 0.15) is 30.7 Å². The summed E-state index contributed by atoms with van der Waals surface area (Å²) in [5.41, 5.74) is -0.474. The van der Waals surface area contributed by atoms with E-state index in [1.165, 1.54) is 0 Å². The van der Waals surface area contributed by atoms with Crippen LogP contribution in [0.5, 0.6) is 5.75 Å². The van der Waals surface area contributed by atoms with E-state index in [-0.39, 0.29) is 17.9 Å². The second kappa shape index (κ2) is 4.83. The van der Waals surface area contributed by atoms with E-state index >= 15 is 0 Å². The number of hydrogen-bond donors (Lipinski definition) is 2. The van der Waals surface area contributed by atoms with E-state index in [0.29, 0.717) is 6.07 Å². The van der Waals surface area contributed by atoms with Gasteiger partial charge in [0.25, 0.3) is 5.69 Å². The fourth-order valence-corrected chi connectivity index (χ4v) is 2.21. The number of carboxylic acids is 1. The van der Waals surface area contributed by atoms with Gasteiger partial charge in [0, 0.05) is 17.5 Å². The fraction of sp³-hybridized carbons (Fsp3) is 0.417. The van der Waals surface area contributed by atoms with Gasteiger partial charge >= 0.3 is 5.97 Å². The Morgan fingerprint density at radius 1 is 1.53 bits per heavy atom. The molecular formula is C12H12FNO5. The van der Waals surface area contributed by atoms with Crippen LogP contribution in [-0.4, -0.2) is 21.1 Å². The van der Waals surface area contributed by atoms with Crippen molar-refractivity contribution in [3.8, 4) is 5.75 Å². The molecule has 1 saturated carbocycles. The minimum absolute atomic E-state index is 0.0107. The molecule has 0 bridgehead atoms. The zero-order chi connectivity index (χ0) is 14.2. The Hall–Kier alpha value is -2.18. The van der Waals surface area contributed by atoms with Crippen LogP contribution in [0.3, 0.4) is 0 Å². The van der Waals surface area contributed by atoms with Gasteiger partial charge < -0.3 is 10.2 Å². The lowest BCUT2D eigenvalue weighted by molar-refractivity contribution is -0.385. The molecule has 0 heterocycles. The monoisotopic (exact) mass is 269 g/mol. The van der Waals surface area contributed by atoms with Crippen molar-refractivity contribution in [1.29, 1.82) is 0 Å². The zero-order valence-electron chi connectivity index (χ0n) is 9.88. The molecule has 2 N–H and O–H groups in total. The lowest BCUT2D eigenvalue weighted by Gasteiger charge is -2.16. The van der Waals surface area contributed by atoms with Gasteiger partial charge in [-0.05, 0) is 18.8 Å². The van der Waals surface area contributed by atoms with Gasteiger partial charge in [0.15, 0.2) is 11.6 Å². The topological polar surface area (TPSA) is 101 Å². The molecule has 1 aromatic rings. The molecule has 2 rings (SSSR count). The summed E-state index contributed by atoms with van der Waals surface area (Å²) >= 11 is 0. The van der Waals surface area contributed by atoms with Crippen molar-refractivity contribution in [2.24, 2.45) is 5.92 Å². The van der Waals surface area contributed by atoms with Gasteiger partial charge in [0.1, 0.15) is 0 Å². The number of hydrogen-bond acceptors (Lipinski definition) is 4. The number of benzene rings is 1. The molecule has 19 heavy (non-hydrogen) atoms. The summed E-state index contributed by atoms with van der Waals surface area (Å²) < 4.78 is 13.5. The first-order valence-corrected chi connectivity index (χ1v) is 5.78. The molecule has 1 fully saturated rings. The third kappa shape index (κ3) is 2.81. The molecule has 1 aliphatic rings. The lowest BCUT2D eigenvalue weighted by Crippen LogP contribution is -2.09. The third-order valence-electron chi connectivity index (χ3n) is 3.27. The minimum atomic E-state index is -1.10. The summed E-state index contributed by atoms with van der Waals surface area (Å²) in [6, 6.07) is 1.69. The maximum Gasteiger partial charge on any atom is 0.303 e. The van der Waals surface area contributed by atoms with Crippen molar-refractivity contribution in [2.45, 2.75) is 25.2 Å². The van der Waals surface area contributed by atoms with Gasteiger partial charge in [0.2, 0.25) is 0 Å². The molecule has 1 aromatic carbocycles. The highest BCUT2D eigenvalue weighted by molar-refractivity contribution is 5.68. The number of halogens is 1. The van der Waals surface area contributed by atoms with Crippen LogP contribution < -0.4 is 0 Å². The molecule has 1 aliphatic carbocycles. The molecule has 102 valence electrons. The highest BCUT2D eigenvalue weighted by Gasteiger charge is 2.36. The number of carboxylic acid groups (broad SMARTS) is 1. The molecule has 6 nitrogen and oxygen atoms in total. The van der Waals surface area contributed by atoms with Crippen molar-refractivity contribution in [3.05, 3.63) is 33.6 Å². The summed E-state index contributed by atoms with van der Waals surface area (Å²) in [4.78, 5) is 20.7. The van der Waals surface area contributed by atoms with E-state index < -0.39 is 34.1 Å².